The summed E-state index contributed by atoms with van der Waals surface area (Å²) in [7, 11) is 2.98. The number of esters is 2. The van der Waals surface area contributed by atoms with Gasteiger partial charge in [0.25, 0.3) is 0 Å². The molecule has 13 atom stereocenters. The fourth-order valence-corrected chi connectivity index (χ4v) is 11.4. The first-order valence-corrected chi connectivity index (χ1v) is 18.5. The molecule has 12 nitrogen and oxygen atoms in total. The number of ether oxygens (including phenoxy) is 6. The molecule has 0 unspecified atom stereocenters. The molecule has 2 heterocycles. The molecule has 280 valence electrons. The summed E-state index contributed by atoms with van der Waals surface area (Å²) >= 11 is 5.98. The highest BCUT2D eigenvalue weighted by Gasteiger charge is 2.73. The summed E-state index contributed by atoms with van der Waals surface area (Å²) in [5.41, 5.74) is -3.49. The standard InChI is InChI=1S/C38H49ClO12/c1-20-29(51-32(41)21-5-7-23(39)8-6-21)30(46-3)31(47-4)33(49-20)50-24-9-15-37(34(42)43)26-10-13-35(2)25(22-17-28(40)48-19-22)12-16-38(35,45)27(26)11-14-36(37,44)18-24/h5-8,17,20,24-27,29-31,33,44-45H,9-16,18-19H2,1-4H3,(H,42,43)/t20-,24+,25-,26+,27-,29+,30+,31-,33+,35-,36+,37-,38+/m1/s1. The maximum atomic E-state index is 13.5. The van der Waals surface area contributed by atoms with Crippen LogP contribution < -0.4 is 0 Å². The van der Waals surface area contributed by atoms with Crippen LogP contribution in [0.3, 0.4) is 0 Å². The average molecular weight is 733 g/mol. The highest BCUT2D eigenvalue weighted by atomic mass is 35.5. The van der Waals surface area contributed by atoms with Crippen molar-refractivity contribution in [3.8, 4) is 0 Å². The van der Waals surface area contributed by atoms with Crippen molar-refractivity contribution in [3.05, 3.63) is 46.5 Å². The Morgan fingerprint density at radius 3 is 2.27 bits per heavy atom. The Morgan fingerprint density at radius 2 is 1.63 bits per heavy atom. The Kier molecular flexibility index (Phi) is 9.64. The fourth-order valence-electron chi connectivity index (χ4n) is 11.3. The van der Waals surface area contributed by atoms with Crippen LogP contribution in [0.1, 0.15) is 82.0 Å². The van der Waals surface area contributed by atoms with Gasteiger partial charge in [0.2, 0.25) is 0 Å². The zero-order chi connectivity index (χ0) is 36.5. The van der Waals surface area contributed by atoms with Gasteiger partial charge in [-0.25, -0.2) is 9.59 Å². The minimum absolute atomic E-state index is 0.0243. The maximum absolute atomic E-state index is 13.5. The van der Waals surface area contributed by atoms with Crippen molar-refractivity contribution in [2.24, 2.45) is 28.6 Å². The lowest BCUT2D eigenvalue weighted by Crippen LogP contribution is -2.70. The first-order chi connectivity index (χ1) is 24.2. The van der Waals surface area contributed by atoms with Crippen molar-refractivity contribution < 1.29 is 58.1 Å². The van der Waals surface area contributed by atoms with E-state index in [1.54, 1.807) is 37.3 Å². The Morgan fingerprint density at radius 1 is 0.922 bits per heavy atom. The summed E-state index contributed by atoms with van der Waals surface area (Å²) in [6.07, 6.45) is 0.608. The van der Waals surface area contributed by atoms with E-state index in [1.807, 2.05) is 0 Å². The number of aliphatic hydroxyl groups is 2. The maximum Gasteiger partial charge on any atom is 0.338 e. The number of carboxylic acids is 1. The van der Waals surface area contributed by atoms with E-state index in [0.29, 0.717) is 49.1 Å². The molecule has 0 spiro atoms. The van der Waals surface area contributed by atoms with Gasteiger partial charge in [-0.05, 0) is 106 Å². The van der Waals surface area contributed by atoms with Crippen LogP contribution in [0.15, 0.2) is 35.9 Å². The zero-order valence-electron chi connectivity index (χ0n) is 29.5. The molecular weight excluding hydrogens is 684 g/mol. The van der Waals surface area contributed by atoms with Gasteiger partial charge in [0, 0.05) is 37.2 Å². The van der Waals surface area contributed by atoms with E-state index in [1.165, 1.54) is 14.2 Å². The van der Waals surface area contributed by atoms with Crippen LogP contribution in [0.25, 0.3) is 0 Å². The Labute approximate surface area is 302 Å². The van der Waals surface area contributed by atoms with E-state index in [-0.39, 0.29) is 43.7 Å². The van der Waals surface area contributed by atoms with Gasteiger partial charge in [-0.3, -0.25) is 4.79 Å². The molecule has 4 aliphatic carbocycles. The lowest BCUT2D eigenvalue weighted by atomic mass is 9.41. The number of hydrogen-bond donors (Lipinski definition) is 3. The van der Waals surface area contributed by atoms with Crippen molar-refractivity contribution in [1.29, 1.82) is 0 Å². The van der Waals surface area contributed by atoms with Gasteiger partial charge in [-0.1, -0.05) is 18.5 Å². The first kappa shape index (κ1) is 36.8. The Hall–Kier alpha value is -2.58. The summed E-state index contributed by atoms with van der Waals surface area (Å²) in [4.78, 5) is 38.4. The molecule has 1 aromatic carbocycles. The number of carbonyl (C=O) groups excluding carboxylic acids is 2. The van der Waals surface area contributed by atoms with Crippen molar-refractivity contribution in [2.45, 2.75) is 120 Å². The first-order valence-electron chi connectivity index (χ1n) is 18.1. The second-order valence-electron chi connectivity index (χ2n) is 15.8. The summed E-state index contributed by atoms with van der Waals surface area (Å²) < 4.78 is 35.5. The molecule has 0 aromatic heterocycles. The molecule has 51 heavy (non-hydrogen) atoms. The van der Waals surface area contributed by atoms with Gasteiger partial charge in [0.1, 0.15) is 18.8 Å². The number of halogens is 1. The molecule has 3 N–H and O–H groups in total. The summed E-state index contributed by atoms with van der Waals surface area (Å²) in [5.74, 6) is -2.75. The van der Waals surface area contributed by atoms with E-state index in [0.717, 1.165) is 5.57 Å². The molecule has 13 heteroatoms. The molecule has 5 fully saturated rings. The van der Waals surface area contributed by atoms with E-state index in [9.17, 15) is 29.7 Å². The van der Waals surface area contributed by atoms with Gasteiger partial charge in [0.15, 0.2) is 12.4 Å². The second-order valence-corrected chi connectivity index (χ2v) is 16.3. The van der Waals surface area contributed by atoms with Crippen LogP contribution in [0.2, 0.25) is 5.02 Å². The van der Waals surface area contributed by atoms with Crippen molar-refractivity contribution >= 4 is 29.5 Å². The van der Waals surface area contributed by atoms with E-state index in [4.69, 9.17) is 40.0 Å². The number of carboxylic acid groups (broad SMARTS) is 1. The quantitative estimate of drug-likeness (QED) is 0.254. The fraction of sp³-hybridized carbons (Fsp3) is 0.711. The molecule has 0 radical (unpaired) electrons. The van der Waals surface area contributed by atoms with Gasteiger partial charge < -0.3 is 43.7 Å². The number of cyclic esters (lactones) is 1. The molecule has 1 saturated heterocycles. The van der Waals surface area contributed by atoms with Crippen molar-refractivity contribution in [2.75, 3.05) is 20.8 Å². The third-order valence-corrected chi connectivity index (χ3v) is 14.1. The summed E-state index contributed by atoms with van der Waals surface area (Å²) in [6.45, 7) is 4.07. The van der Waals surface area contributed by atoms with Gasteiger partial charge in [-0.15, -0.1) is 0 Å². The monoisotopic (exact) mass is 732 g/mol. The van der Waals surface area contributed by atoms with Crippen LogP contribution in [0.5, 0.6) is 0 Å². The molecule has 1 aromatic rings. The van der Waals surface area contributed by atoms with Crippen LogP contribution >= 0.6 is 11.6 Å². The molecule has 0 amide bonds. The third-order valence-electron chi connectivity index (χ3n) is 13.8. The molecular formula is C38H49ClO12. The van der Waals surface area contributed by atoms with Crippen LogP contribution in [0, 0.1) is 28.6 Å². The molecule has 0 bridgehead atoms. The third kappa shape index (κ3) is 5.66. The molecule has 6 aliphatic rings. The SMILES string of the molecule is CO[C@H]1[C@@H](OC(=O)c2ccc(Cl)cc2)[C@@H](C)O[C@@H](O[C@H]2CC[C@]3(C(=O)O)[C@H]4CC[C@]5(C)[C@@H](C6=CC(=O)OC6)CC[C@]5(O)[C@@H]4CC[C@]3(O)C2)[C@@H]1OC. The number of benzene rings is 1. The second kappa shape index (κ2) is 13.4. The predicted molar refractivity (Wildman–Crippen MR) is 181 cm³/mol. The van der Waals surface area contributed by atoms with Crippen LogP contribution in [-0.4, -0.2) is 102 Å². The van der Waals surface area contributed by atoms with E-state index >= 15 is 0 Å². The predicted octanol–water partition coefficient (Wildman–Crippen LogP) is 4.46. The number of hydrogen-bond acceptors (Lipinski definition) is 11. The smallest absolute Gasteiger partial charge is 0.338 e. The lowest BCUT2D eigenvalue weighted by Gasteiger charge is -2.65. The lowest BCUT2D eigenvalue weighted by molar-refractivity contribution is -0.324. The number of rotatable bonds is 8. The normalized spacial score (nSPS) is 44.8. The summed E-state index contributed by atoms with van der Waals surface area (Å²) in [6, 6.07) is 6.35. The highest BCUT2D eigenvalue weighted by molar-refractivity contribution is 6.30. The number of carbonyl (C=O) groups is 3. The highest BCUT2D eigenvalue weighted by Crippen LogP contribution is 2.71. The Balaban J connectivity index is 1.07. The van der Waals surface area contributed by atoms with Gasteiger partial charge >= 0.3 is 17.9 Å². The van der Waals surface area contributed by atoms with Crippen LogP contribution in [-0.2, 0) is 38.0 Å². The van der Waals surface area contributed by atoms with Crippen molar-refractivity contribution in [1.82, 2.24) is 0 Å². The number of methoxy groups -OCH3 is 2. The topological polar surface area (TPSA) is 167 Å². The molecule has 2 aliphatic heterocycles. The van der Waals surface area contributed by atoms with Crippen LogP contribution in [0.4, 0.5) is 0 Å². The minimum atomic E-state index is -1.58. The van der Waals surface area contributed by atoms with Gasteiger partial charge in [0.05, 0.1) is 34.4 Å². The van der Waals surface area contributed by atoms with Gasteiger partial charge in [-0.2, -0.15) is 0 Å². The minimum Gasteiger partial charge on any atom is -0.481 e. The average Bonchev–Trinajstić information content (AvgIpc) is 3.64. The zero-order valence-corrected chi connectivity index (χ0v) is 30.3. The largest absolute Gasteiger partial charge is 0.481 e. The van der Waals surface area contributed by atoms with E-state index < -0.39 is 76.7 Å². The summed E-state index contributed by atoms with van der Waals surface area (Å²) in [5, 5.41) is 36.5. The van der Waals surface area contributed by atoms with E-state index in [2.05, 4.69) is 6.92 Å². The Bertz CT molecular complexity index is 1570. The van der Waals surface area contributed by atoms with Crippen molar-refractivity contribution in [3.63, 3.8) is 0 Å². The number of aliphatic carboxylic acids is 1. The molecule has 4 saturated carbocycles. The molecule has 7 rings (SSSR count). The number of fused-ring (bicyclic) bond motifs is 5.